The molecule has 0 aliphatic heterocycles. The molecule has 88 valence electrons. The second-order valence-corrected chi connectivity index (χ2v) is 4.53. The number of pyridine rings is 1. The number of esters is 1. The van der Waals surface area contributed by atoms with Crippen molar-refractivity contribution >= 4 is 11.8 Å². The molecule has 0 atom stereocenters. The Morgan fingerprint density at radius 3 is 2.75 bits per heavy atom. The van der Waals surface area contributed by atoms with Gasteiger partial charge in [0.05, 0.1) is 12.0 Å². The van der Waals surface area contributed by atoms with E-state index in [0.29, 0.717) is 13.2 Å². The van der Waals surface area contributed by atoms with Gasteiger partial charge in [0.1, 0.15) is 12.4 Å². The maximum absolute atomic E-state index is 11.4. The lowest BCUT2D eigenvalue weighted by atomic mass is 9.97. The van der Waals surface area contributed by atoms with Crippen LogP contribution in [0.2, 0.25) is 0 Å². The van der Waals surface area contributed by atoms with Crippen molar-refractivity contribution in [2.45, 2.75) is 20.8 Å². The number of nitrogens with zero attached hydrogens (tertiary/aromatic N) is 1. The summed E-state index contributed by atoms with van der Waals surface area (Å²) in [4.78, 5) is 15.5. The van der Waals surface area contributed by atoms with E-state index in [2.05, 4.69) is 10.3 Å². The summed E-state index contributed by atoms with van der Waals surface area (Å²) in [5, 5.41) is 3.06. The van der Waals surface area contributed by atoms with Gasteiger partial charge in [-0.15, -0.1) is 0 Å². The molecule has 0 fully saturated rings. The van der Waals surface area contributed by atoms with Gasteiger partial charge in [0.15, 0.2) is 0 Å². The predicted molar refractivity (Wildman–Crippen MR) is 63.1 cm³/mol. The summed E-state index contributed by atoms with van der Waals surface area (Å²) in [6, 6.07) is 5.62. The molecular weight excluding hydrogens is 204 g/mol. The quantitative estimate of drug-likeness (QED) is 0.626. The number of hydrogen-bond donors (Lipinski definition) is 1. The zero-order valence-electron chi connectivity index (χ0n) is 9.99. The predicted octanol–water partition coefficient (Wildman–Crippen LogP) is 2.08. The first kappa shape index (κ1) is 12.5. The molecule has 0 saturated heterocycles. The van der Waals surface area contributed by atoms with Crippen molar-refractivity contribution in [1.29, 1.82) is 0 Å². The average molecular weight is 222 g/mol. The number of rotatable bonds is 4. The number of carbonyl (C=O) groups excluding carboxylic acids is 1. The zero-order chi connectivity index (χ0) is 12.0. The summed E-state index contributed by atoms with van der Waals surface area (Å²) in [5.41, 5.74) is -0.439. The Morgan fingerprint density at radius 1 is 1.44 bits per heavy atom. The topological polar surface area (TPSA) is 51.2 Å². The second kappa shape index (κ2) is 5.49. The van der Waals surface area contributed by atoms with Gasteiger partial charge in [-0.25, -0.2) is 4.98 Å². The molecule has 16 heavy (non-hydrogen) atoms. The Balaban J connectivity index is 2.20. The van der Waals surface area contributed by atoms with Crippen molar-refractivity contribution in [3.05, 3.63) is 24.4 Å². The maximum Gasteiger partial charge on any atom is 0.311 e. The first-order valence-electron chi connectivity index (χ1n) is 5.32. The van der Waals surface area contributed by atoms with Gasteiger partial charge in [0.2, 0.25) is 0 Å². The Morgan fingerprint density at radius 2 is 2.19 bits per heavy atom. The van der Waals surface area contributed by atoms with Crippen LogP contribution in [0.15, 0.2) is 24.4 Å². The minimum absolute atomic E-state index is 0.185. The van der Waals surface area contributed by atoms with Crippen LogP contribution in [0.25, 0.3) is 0 Å². The molecule has 1 aromatic heterocycles. The van der Waals surface area contributed by atoms with Gasteiger partial charge in [-0.1, -0.05) is 6.07 Å². The SMILES string of the molecule is CC(C)(C)C(=O)OCCNc1ccccn1. The number of ether oxygens (including phenoxy) is 1. The molecule has 0 bridgehead atoms. The van der Waals surface area contributed by atoms with E-state index in [4.69, 9.17) is 4.74 Å². The third kappa shape index (κ3) is 4.29. The molecule has 4 nitrogen and oxygen atoms in total. The van der Waals surface area contributed by atoms with Crippen LogP contribution in [0, 0.1) is 5.41 Å². The summed E-state index contributed by atoms with van der Waals surface area (Å²) in [7, 11) is 0. The average Bonchev–Trinajstić information content (AvgIpc) is 2.24. The number of anilines is 1. The number of hydrogen-bond acceptors (Lipinski definition) is 4. The van der Waals surface area contributed by atoms with E-state index in [0.717, 1.165) is 5.82 Å². The third-order valence-corrected chi connectivity index (χ3v) is 1.92. The molecule has 1 rings (SSSR count). The van der Waals surface area contributed by atoms with Gasteiger partial charge in [-0.3, -0.25) is 4.79 Å². The maximum atomic E-state index is 11.4. The van der Waals surface area contributed by atoms with E-state index >= 15 is 0 Å². The molecule has 1 heterocycles. The fourth-order valence-corrected chi connectivity index (χ4v) is 1.01. The van der Waals surface area contributed by atoms with Crippen LogP contribution >= 0.6 is 0 Å². The Kier molecular flexibility index (Phi) is 4.28. The van der Waals surface area contributed by atoms with Crippen LogP contribution < -0.4 is 5.32 Å². The fraction of sp³-hybridized carbons (Fsp3) is 0.500. The molecule has 1 N–H and O–H groups in total. The molecule has 0 radical (unpaired) electrons. The molecule has 4 heteroatoms. The summed E-state index contributed by atoms with van der Waals surface area (Å²) < 4.78 is 5.10. The van der Waals surface area contributed by atoms with Crippen LogP contribution in [0.4, 0.5) is 5.82 Å². The largest absolute Gasteiger partial charge is 0.463 e. The number of aromatic nitrogens is 1. The van der Waals surface area contributed by atoms with E-state index in [9.17, 15) is 4.79 Å². The highest BCUT2D eigenvalue weighted by atomic mass is 16.5. The molecule has 0 saturated carbocycles. The summed E-state index contributed by atoms with van der Waals surface area (Å²) >= 11 is 0. The van der Waals surface area contributed by atoms with Crippen molar-refractivity contribution < 1.29 is 9.53 Å². The van der Waals surface area contributed by atoms with E-state index in [1.807, 2.05) is 39.0 Å². The molecule has 0 aliphatic carbocycles. The van der Waals surface area contributed by atoms with Crippen molar-refractivity contribution in [2.75, 3.05) is 18.5 Å². The lowest BCUT2D eigenvalue weighted by molar-refractivity contribution is -0.152. The zero-order valence-corrected chi connectivity index (χ0v) is 9.99. The van der Waals surface area contributed by atoms with Crippen molar-refractivity contribution in [3.8, 4) is 0 Å². The van der Waals surface area contributed by atoms with Crippen LogP contribution in [0.3, 0.4) is 0 Å². The molecule has 0 spiro atoms. The fourth-order valence-electron chi connectivity index (χ4n) is 1.01. The molecule has 0 aromatic carbocycles. The van der Waals surface area contributed by atoms with Gasteiger partial charge in [0.25, 0.3) is 0 Å². The number of carbonyl (C=O) groups is 1. The smallest absolute Gasteiger partial charge is 0.311 e. The highest BCUT2D eigenvalue weighted by Crippen LogP contribution is 2.14. The second-order valence-electron chi connectivity index (χ2n) is 4.53. The Bertz CT molecular complexity index is 331. The van der Waals surface area contributed by atoms with Crippen LogP contribution in [-0.4, -0.2) is 24.1 Å². The highest BCUT2D eigenvalue weighted by Gasteiger charge is 2.22. The first-order valence-corrected chi connectivity index (χ1v) is 5.32. The third-order valence-electron chi connectivity index (χ3n) is 1.92. The van der Waals surface area contributed by atoms with Gasteiger partial charge < -0.3 is 10.1 Å². The van der Waals surface area contributed by atoms with Crippen molar-refractivity contribution in [3.63, 3.8) is 0 Å². The molecule has 0 amide bonds. The molecule has 0 aliphatic rings. The lowest BCUT2D eigenvalue weighted by Crippen LogP contribution is -2.25. The summed E-state index contributed by atoms with van der Waals surface area (Å²) in [6.07, 6.45) is 1.71. The van der Waals surface area contributed by atoms with E-state index in [-0.39, 0.29) is 5.97 Å². The van der Waals surface area contributed by atoms with Crippen molar-refractivity contribution in [1.82, 2.24) is 4.98 Å². The van der Waals surface area contributed by atoms with E-state index < -0.39 is 5.41 Å². The molecule has 1 aromatic rings. The normalized spacial score (nSPS) is 10.9. The van der Waals surface area contributed by atoms with Crippen LogP contribution in [0.5, 0.6) is 0 Å². The minimum Gasteiger partial charge on any atom is -0.463 e. The van der Waals surface area contributed by atoms with E-state index in [1.54, 1.807) is 6.20 Å². The highest BCUT2D eigenvalue weighted by molar-refractivity contribution is 5.75. The summed E-state index contributed by atoms with van der Waals surface area (Å²) in [6.45, 7) is 6.43. The van der Waals surface area contributed by atoms with Gasteiger partial charge in [-0.05, 0) is 32.9 Å². The Labute approximate surface area is 96.0 Å². The van der Waals surface area contributed by atoms with Crippen molar-refractivity contribution in [2.24, 2.45) is 5.41 Å². The monoisotopic (exact) mass is 222 g/mol. The Hall–Kier alpha value is -1.58. The summed E-state index contributed by atoms with van der Waals surface area (Å²) in [5.74, 6) is 0.602. The van der Waals surface area contributed by atoms with Crippen LogP contribution in [0.1, 0.15) is 20.8 Å². The first-order chi connectivity index (χ1) is 7.50. The van der Waals surface area contributed by atoms with Crippen LogP contribution in [-0.2, 0) is 9.53 Å². The molecule has 0 unspecified atom stereocenters. The van der Waals surface area contributed by atoms with Gasteiger partial charge in [0, 0.05) is 6.20 Å². The standard InChI is InChI=1S/C12H18N2O2/c1-12(2,3)11(15)16-9-8-14-10-6-4-5-7-13-10/h4-7H,8-9H2,1-3H3,(H,13,14). The number of nitrogens with one attached hydrogen (secondary N) is 1. The molecular formula is C12H18N2O2. The lowest BCUT2D eigenvalue weighted by Gasteiger charge is -2.16. The van der Waals surface area contributed by atoms with E-state index in [1.165, 1.54) is 0 Å². The van der Waals surface area contributed by atoms with Gasteiger partial charge >= 0.3 is 5.97 Å². The minimum atomic E-state index is -0.439. The van der Waals surface area contributed by atoms with Gasteiger partial charge in [-0.2, -0.15) is 0 Å².